The van der Waals surface area contributed by atoms with Crippen molar-refractivity contribution >= 4 is 16.8 Å². The van der Waals surface area contributed by atoms with E-state index >= 15 is 0 Å². The zero-order valence-corrected chi connectivity index (χ0v) is 12.8. The lowest BCUT2D eigenvalue weighted by Crippen LogP contribution is -2.23. The van der Waals surface area contributed by atoms with Crippen LogP contribution in [0.3, 0.4) is 0 Å². The Balaban J connectivity index is 1.96. The predicted octanol–water partition coefficient (Wildman–Crippen LogP) is 4.69. The lowest BCUT2D eigenvalue weighted by molar-refractivity contribution is -0.552. The van der Waals surface area contributed by atoms with Gasteiger partial charge in [-0.3, -0.25) is 0 Å². The molecule has 1 nitrogen and oxygen atoms in total. The number of nitrogens with zero attached hydrogens (tertiary/aromatic N) is 1. The topological polar surface area (TPSA) is 3.01 Å². The molecule has 0 radical (unpaired) electrons. The second-order valence-electron chi connectivity index (χ2n) is 5.35. The third-order valence-electron chi connectivity index (χ3n) is 3.72. The summed E-state index contributed by atoms with van der Waals surface area (Å²) in [5.74, 6) is 1.29. The van der Waals surface area contributed by atoms with Gasteiger partial charge in [-0.05, 0) is 13.3 Å². The van der Waals surface area contributed by atoms with Gasteiger partial charge in [-0.2, -0.15) is 0 Å². The molecule has 0 aromatic rings. The van der Waals surface area contributed by atoms with Crippen LogP contribution in [-0.4, -0.2) is 28.0 Å². The Morgan fingerprint density at radius 1 is 1.06 bits per heavy atom. The molecule has 0 aromatic heterocycles. The molecule has 0 N–H and O–H groups in total. The Morgan fingerprint density at radius 3 is 2.18 bits per heavy atom. The molecule has 1 aliphatic heterocycles. The van der Waals surface area contributed by atoms with Crippen molar-refractivity contribution in [2.24, 2.45) is 0 Å². The van der Waals surface area contributed by atoms with Gasteiger partial charge in [0.25, 0.3) is 0 Å². The first-order valence-corrected chi connectivity index (χ1v) is 8.47. The Labute approximate surface area is 112 Å². The van der Waals surface area contributed by atoms with Crippen molar-refractivity contribution in [1.82, 2.24) is 0 Å². The van der Waals surface area contributed by atoms with Crippen LogP contribution in [0.4, 0.5) is 0 Å². The Kier molecular flexibility index (Phi) is 8.00. The first-order valence-electron chi connectivity index (χ1n) is 7.48. The lowest BCUT2D eigenvalue weighted by atomic mass is 10.1. The van der Waals surface area contributed by atoms with E-state index in [0.29, 0.717) is 0 Å². The molecule has 0 aliphatic carbocycles. The van der Waals surface area contributed by atoms with E-state index in [1.165, 1.54) is 63.7 Å². The molecular weight excluding hydrogens is 226 g/mol. The second kappa shape index (κ2) is 9.02. The minimum absolute atomic E-state index is 0.768. The Hall–Kier alpha value is 0.0200. The van der Waals surface area contributed by atoms with Crippen LogP contribution < -0.4 is 0 Å². The van der Waals surface area contributed by atoms with E-state index in [2.05, 4.69) is 25.3 Å². The van der Waals surface area contributed by atoms with Gasteiger partial charge in [-0.25, -0.2) is 4.58 Å². The standard InChI is InChI=1S/C15H30NS/c1-4-5-6-7-8-9-10-11-12-16-14(2)13-17-15(16)3/h14H,4-13H2,1-3H3/q+1. The highest BCUT2D eigenvalue weighted by Crippen LogP contribution is 2.18. The quantitative estimate of drug-likeness (QED) is 0.427. The first-order chi connectivity index (χ1) is 8.25. The van der Waals surface area contributed by atoms with Gasteiger partial charge >= 0.3 is 0 Å². The highest BCUT2D eigenvalue weighted by Gasteiger charge is 2.26. The summed E-state index contributed by atoms with van der Waals surface area (Å²) in [5.41, 5.74) is 0. The summed E-state index contributed by atoms with van der Waals surface area (Å²) in [6.07, 6.45) is 11.4. The predicted molar refractivity (Wildman–Crippen MR) is 80.3 cm³/mol. The Morgan fingerprint density at radius 2 is 1.65 bits per heavy atom. The van der Waals surface area contributed by atoms with Gasteiger partial charge in [0.15, 0.2) is 6.04 Å². The molecule has 1 aliphatic rings. The van der Waals surface area contributed by atoms with E-state index in [-0.39, 0.29) is 0 Å². The maximum absolute atomic E-state index is 2.60. The molecule has 0 bridgehead atoms. The van der Waals surface area contributed by atoms with Gasteiger partial charge in [-0.15, -0.1) is 0 Å². The molecule has 0 amide bonds. The Bertz CT molecular complexity index is 235. The zero-order chi connectivity index (χ0) is 12.5. The normalized spacial score (nSPS) is 20.3. The fourth-order valence-corrected chi connectivity index (χ4v) is 3.62. The molecule has 1 atom stereocenters. The van der Waals surface area contributed by atoms with E-state index in [1.54, 1.807) is 5.04 Å². The fraction of sp³-hybridized carbons (Fsp3) is 0.933. The molecule has 0 fully saturated rings. The van der Waals surface area contributed by atoms with Crippen molar-refractivity contribution in [2.45, 2.75) is 78.2 Å². The van der Waals surface area contributed by atoms with Crippen molar-refractivity contribution in [3.8, 4) is 0 Å². The largest absolute Gasteiger partial charge is 0.225 e. The third-order valence-corrected chi connectivity index (χ3v) is 5.02. The zero-order valence-electron chi connectivity index (χ0n) is 12.0. The fourth-order valence-electron chi connectivity index (χ4n) is 2.52. The van der Waals surface area contributed by atoms with E-state index in [0.717, 1.165) is 6.04 Å². The number of unbranched alkanes of at least 4 members (excludes halogenated alkanes) is 7. The van der Waals surface area contributed by atoms with Crippen LogP contribution in [0.15, 0.2) is 0 Å². The van der Waals surface area contributed by atoms with Crippen molar-refractivity contribution in [1.29, 1.82) is 0 Å². The molecule has 0 spiro atoms. The van der Waals surface area contributed by atoms with Crippen LogP contribution >= 0.6 is 11.8 Å². The molecule has 0 saturated carbocycles. The number of rotatable bonds is 9. The minimum Gasteiger partial charge on any atom is -0.225 e. The third kappa shape index (κ3) is 5.94. The van der Waals surface area contributed by atoms with Crippen LogP contribution in [0.1, 0.15) is 72.1 Å². The lowest BCUT2D eigenvalue weighted by Gasteiger charge is -2.05. The molecular formula is C15H30NS+. The second-order valence-corrected chi connectivity index (χ2v) is 6.56. The van der Waals surface area contributed by atoms with Gasteiger partial charge in [0.2, 0.25) is 5.04 Å². The SMILES string of the molecule is CCCCCCCCCC[N+]1=C(C)SCC1C. The van der Waals surface area contributed by atoms with Gasteiger partial charge in [0.1, 0.15) is 6.54 Å². The monoisotopic (exact) mass is 256 g/mol. The van der Waals surface area contributed by atoms with Crippen LogP contribution in [-0.2, 0) is 0 Å². The minimum atomic E-state index is 0.768. The van der Waals surface area contributed by atoms with E-state index < -0.39 is 0 Å². The molecule has 1 unspecified atom stereocenters. The van der Waals surface area contributed by atoms with Crippen LogP contribution in [0, 0.1) is 0 Å². The molecule has 0 saturated heterocycles. The molecule has 1 heterocycles. The van der Waals surface area contributed by atoms with Crippen LogP contribution in [0.25, 0.3) is 0 Å². The summed E-state index contributed by atoms with van der Waals surface area (Å²) < 4.78 is 2.60. The first kappa shape index (κ1) is 15.1. The van der Waals surface area contributed by atoms with Crippen molar-refractivity contribution < 1.29 is 4.58 Å². The average Bonchev–Trinajstić information content (AvgIpc) is 2.63. The van der Waals surface area contributed by atoms with Gasteiger partial charge in [0.05, 0.1) is 5.75 Å². The smallest absolute Gasteiger partial charge is 0.207 e. The summed E-state index contributed by atoms with van der Waals surface area (Å²) in [5, 5.41) is 1.54. The molecule has 17 heavy (non-hydrogen) atoms. The summed E-state index contributed by atoms with van der Waals surface area (Å²) in [6, 6.07) is 0.768. The number of hydrogen-bond donors (Lipinski definition) is 0. The summed E-state index contributed by atoms with van der Waals surface area (Å²) in [7, 11) is 0. The summed E-state index contributed by atoms with van der Waals surface area (Å²) >= 11 is 2.03. The van der Waals surface area contributed by atoms with Gasteiger partial charge < -0.3 is 0 Å². The molecule has 100 valence electrons. The maximum atomic E-state index is 2.60. The summed E-state index contributed by atoms with van der Waals surface area (Å²) in [6.45, 7) is 8.20. The average molecular weight is 256 g/mol. The maximum Gasteiger partial charge on any atom is 0.207 e. The van der Waals surface area contributed by atoms with E-state index in [4.69, 9.17) is 0 Å². The number of hydrogen-bond acceptors (Lipinski definition) is 1. The van der Waals surface area contributed by atoms with E-state index in [9.17, 15) is 0 Å². The highest BCUT2D eigenvalue weighted by molar-refractivity contribution is 8.13. The number of thioether (sulfide) groups is 1. The summed E-state index contributed by atoms with van der Waals surface area (Å²) in [4.78, 5) is 0. The van der Waals surface area contributed by atoms with Gasteiger partial charge in [-0.1, -0.05) is 57.2 Å². The van der Waals surface area contributed by atoms with Crippen molar-refractivity contribution in [3.63, 3.8) is 0 Å². The molecule has 2 heteroatoms. The van der Waals surface area contributed by atoms with Crippen LogP contribution in [0.5, 0.6) is 0 Å². The van der Waals surface area contributed by atoms with Crippen molar-refractivity contribution in [3.05, 3.63) is 0 Å². The molecule has 1 rings (SSSR count). The van der Waals surface area contributed by atoms with Crippen molar-refractivity contribution in [2.75, 3.05) is 12.3 Å². The van der Waals surface area contributed by atoms with Crippen LogP contribution in [0.2, 0.25) is 0 Å². The molecule has 0 aromatic carbocycles. The highest BCUT2D eigenvalue weighted by atomic mass is 32.2. The van der Waals surface area contributed by atoms with E-state index in [1.807, 2.05) is 11.8 Å². The van der Waals surface area contributed by atoms with Gasteiger partial charge in [0, 0.05) is 13.3 Å².